The average molecular weight is 205 g/mol. The number of nitrogens with zero attached hydrogens (tertiary/aromatic N) is 1. The molecule has 0 saturated carbocycles. The largest absolute Gasteiger partial charge is 0.389 e. The quantitative estimate of drug-likeness (QED) is 0.281. The van der Waals surface area contributed by atoms with Gasteiger partial charge in [-0.2, -0.15) is 0 Å². The molecule has 0 bridgehead atoms. The molecular formula is C8H15NO5. The van der Waals surface area contributed by atoms with Crippen LogP contribution in [0.1, 0.15) is 0 Å². The van der Waals surface area contributed by atoms with Gasteiger partial charge < -0.3 is 25.5 Å². The predicted molar refractivity (Wildman–Crippen MR) is 45.4 cm³/mol. The molecule has 2 aliphatic rings. The van der Waals surface area contributed by atoms with Gasteiger partial charge in [-0.25, -0.2) is 0 Å². The zero-order chi connectivity index (χ0) is 10.5. The maximum absolute atomic E-state index is 9.58. The molecule has 0 amide bonds. The standard InChI is InChI=1S/C8H15NO5/c10-3-1-9-2-4(11)7(13)8(14)5(9)6(3)12/h3-8,10-14H,1-2H2/t3-,4+,5+,6+,7+,8-/m1/s1. The van der Waals surface area contributed by atoms with Crippen molar-refractivity contribution in [2.75, 3.05) is 13.1 Å². The highest BCUT2D eigenvalue weighted by Gasteiger charge is 2.51. The molecular weight excluding hydrogens is 190 g/mol. The van der Waals surface area contributed by atoms with Crippen LogP contribution in [0.25, 0.3) is 0 Å². The van der Waals surface area contributed by atoms with Crippen LogP contribution in [-0.4, -0.2) is 80.1 Å². The van der Waals surface area contributed by atoms with Crippen LogP contribution in [0.5, 0.6) is 0 Å². The SMILES string of the molecule is O[C@@H]1[C@H]2[C@@H](O)[C@@H](O)[C@@H](O)CN2C[C@H]1O. The van der Waals surface area contributed by atoms with Crippen LogP contribution in [0.4, 0.5) is 0 Å². The van der Waals surface area contributed by atoms with E-state index < -0.39 is 36.6 Å². The zero-order valence-corrected chi connectivity index (χ0v) is 7.56. The fraction of sp³-hybridized carbons (Fsp3) is 1.00. The van der Waals surface area contributed by atoms with Gasteiger partial charge in [0.25, 0.3) is 0 Å². The first kappa shape index (κ1) is 10.3. The molecule has 5 N–H and O–H groups in total. The molecule has 0 aromatic carbocycles. The molecule has 2 rings (SSSR count). The van der Waals surface area contributed by atoms with Crippen molar-refractivity contribution in [3.8, 4) is 0 Å². The Morgan fingerprint density at radius 2 is 1.21 bits per heavy atom. The second-order valence-electron chi connectivity index (χ2n) is 4.05. The van der Waals surface area contributed by atoms with Gasteiger partial charge in [0.1, 0.15) is 12.2 Å². The van der Waals surface area contributed by atoms with Crippen molar-refractivity contribution in [1.29, 1.82) is 0 Å². The van der Waals surface area contributed by atoms with E-state index in [2.05, 4.69) is 0 Å². The summed E-state index contributed by atoms with van der Waals surface area (Å²) in [6.07, 6.45) is -5.49. The fourth-order valence-corrected chi connectivity index (χ4v) is 2.31. The summed E-state index contributed by atoms with van der Waals surface area (Å²) in [5.41, 5.74) is 0. The van der Waals surface area contributed by atoms with E-state index in [0.717, 1.165) is 0 Å². The molecule has 6 nitrogen and oxygen atoms in total. The number of piperidine rings is 1. The van der Waals surface area contributed by atoms with Gasteiger partial charge in [0.15, 0.2) is 0 Å². The van der Waals surface area contributed by atoms with E-state index in [1.807, 2.05) is 0 Å². The van der Waals surface area contributed by atoms with Gasteiger partial charge in [0.05, 0.1) is 24.4 Å². The van der Waals surface area contributed by atoms with E-state index in [1.54, 1.807) is 4.90 Å². The Morgan fingerprint density at radius 1 is 0.714 bits per heavy atom. The van der Waals surface area contributed by atoms with Gasteiger partial charge in [-0.1, -0.05) is 0 Å². The van der Waals surface area contributed by atoms with Crippen LogP contribution in [0, 0.1) is 0 Å². The summed E-state index contributed by atoms with van der Waals surface area (Å²) in [6.45, 7) is 0.379. The fourth-order valence-electron chi connectivity index (χ4n) is 2.31. The zero-order valence-electron chi connectivity index (χ0n) is 7.56. The van der Waals surface area contributed by atoms with Crippen molar-refractivity contribution in [3.63, 3.8) is 0 Å². The first-order chi connectivity index (χ1) is 6.52. The van der Waals surface area contributed by atoms with E-state index in [1.165, 1.54) is 0 Å². The molecule has 0 aliphatic carbocycles. The third-order valence-corrected chi connectivity index (χ3v) is 3.10. The molecule has 0 spiro atoms. The van der Waals surface area contributed by atoms with Crippen LogP contribution in [0.3, 0.4) is 0 Å². The van der Waals surface area contributed by atoms with E-state index in [0.29, 0.717) is 0 Å². The van der Waals surface area contributed by atoms with Crippen LogP contribution < -0.4 is 0 Å². The maximum Gasteiger partial charge on any atom is 0.109 e. The number of aliphatic hydroxyl groups excluding tert-OH is 5. The minimum Gasteiger partial charge on any atom is -0.389 e. The Bertz CT molecular complexity index is 224. The minimum absolute atomic E-state index is 0.164. The highest BCUT2D eigenvalue weighted by molar-refractivity contribution is 5.04. The molecule has 2 fully saturated rings. The summed E-state index contributed by atoms with van der Waals surface area (Å²) in [6, 6.07) is -0.677. The van der Waals surface area contributed by atoms with Crippen molar-refractivity contribution in [3.05, 3.63) is 0 Å². The molecule has 14 heavy (non-hydrogen) atoms. The molecule has 0 aromatic rings. The van der Waals surface area contributed by atoms with Crippen LogP contribution in [-0.2, 0) is 0 Å². The van der Waals surface area contributed by atoms with Gasteiger partial charge >= 0.3 is 0 Å². The Morgan fingerprint density at radius 3 is 1.79 bits per heavy atom. The lowest BCUT2D eigenvalue weighted by molar-refractivity contribution is -0.142. The summed E-state index contributed by atoms with van der Waals surface area (Å²) in [4.78, 5) is 1.59. The summed E-state index contributed by atoms with van der Waals surface area (Å²) in [5.74, 6) is 0. The number of hydrogen-bond acceptors (Lipinski definition) is 6. The lowest BCUT2D eigenvalue weighted by Gasteiger charge is -2.40. The first-order valence-corrected chi connectivity index (χ1v) is 4.66. The highest BCUT2D eigenvalue weighted by Crippen LogP contribution is 2.28. The second kappa shape index (κ2) is 3.41. The maximum atomic E-state index is 9.58. The Labute approximate surface area is 81.0 Å². The number of hydrogen-bond donors (Lipinski definition) is 5. The van der Waals surface area contributed by atoms with Crippen LogP contribution >= 0.6 is 0 Å². The van der Waals surface area contributed by atoms with Crippen LogP contribution in [0.2, 0.25) is 0 Å². The van der Waals surface area contributed by atoms with E-state index in [-0.39, 0.29) is 13.1 Å². The summed E-state index contributed by atoms with van der Waals surface area (Å²) >= 11 is 0. The summed E-state index contributed by atoms with van der Waals surface area (Å²) < 4.78 is 0. The molecule has 0 aromatic heterocycles. The molecule has 2 saturated heterocycles. The molecule has 82 valence electrons. The lowest BCUT2D eigenvalue weighted by Crippen LogP contribution is -2.61. The second-order valence-corrected chi connectivity index (χ2v) is 4.05. The lowest BCUT2D eigenvalue weighted by atomic mass is 9.93. The van der Waals surface area contributed by atoms with Crippen molar-refractivity contribution < 1.29 is 25.5 Å². The van der Waals surface area contributed by atoms with Gasteiger partial charge in [-0.05, 0) is 0 Å². The Balaban J connectivity index is 2.18. The normalized spacial score (nSPS) is 54.6. The van der Waals surface area contributed by atoms with Crippen LogP contribution in [0.15, 0.2) is 0 Å². The van der Waals surface area contributed by atoms with Crippen molar-refractivity contribution in [1.82, 2.24) is 4.90 Å². The van der Waals surface area contributed by atoms with Gasteiger partial charge in [0.2, 0.25) is 0 Å². The van der Waals surface area contributed by atoms with Crippen molar-refractivity contribution in [2.24, 2.45) is 0 Å². The molecule has 2 aliphatic heterocycles. The molecule has 0 radical (unpaired) electrons. The summed E-state index contributed by atoms with van der Waals surface area (Å²) in [7, 11) is 0. The third-order valence-electron chi connectivity index (χ3n) is 3.10. The predicted octanol–water partition coefficient (Wildman–Crippen LogP) is -3.51. The topological polar surface area (TPSA) is 104 Å². The average Bonchev–Trinajstić information content (AvgIpc) is 2.39. The first-order valence-electron chi connectivity index (χ1n) is 4.66. The molecule has 6 atom stereocenters. The van der Waals surface area contributed by atoms with Crippen molar-refractivity contribution >= 4 is 0 Å². The number of rotatable bonds is 0. The van der Waals surface area contributed by atoms with Crippen molar-refractivity contribution in [2.45, 2.75) is 36.6 Å². The molecule has 2 heterocycles. The van der Waals surface area contributed by atoms with E-state index in [4.69, 9.17) is 0 Å². The monoisotopic (exact) mass is 205 g/mol. The van der Waals surface area contributed by atoms with E-state index >= 15 is 0 Å². The van der Waals surface area contributed by atoms with Gasteiger partial charge in [0, 0.05) is 13.1 Å². The Kier molecular flexibility index (Phi) is 2.50. The smallest absolute Gasteiger partial charge is 0.109 e. The number of fused-ring (bicyclic) bond motifs is 1. The molecule has 6 heteroatoms. The van der Waals surface area contributed by atoms with Gasteiger partial charge in [-0.3, -0.25) is 4.90 Å². The minimum atomic E-state index is -1.25. The molecule has 0 unspecified atom stereocenters. The highest BCUT2D eigenvalue weighted by atomic mass is 16.4. The third kappa shape index (κ3) is 1.35. The van der Waals surface area contributed by atoms with Gasteiger partial charge in [-0.15, -0.1) is 0 Å². The van der Waals surface area contributed by atoms with E-state index in [9.17, 15) is 25.5 Å². The number of aliphatic hydroxyl groups is 5. The summed E-state index contributed by atoms with van der Waals surface area (Å²) in [5, 5.41) is 47.2. The Hall–Kier alpha value is -0.240.